The van der Waals surface area contributed by atoms with E-state index in [4.69, 9.17) is 9.47 Å². The topological polar surface area (TPSA) is 57.1 Å². The number of oxime groups is 1. The van der Waals surface area contributed by atoms with Gasteiger partial charge >= 0.3 is 5.97 Å². The minimum Gasteiger partial charge on any atom is -0.490 e. The van der Waals surface area contributed by atoms with E-state index in [1.54, 1.807) is 43.3 Å². The SMILES string of the molecule is CCOc1cc(/C=C2/C(=O)ON=C2C)ccc1OCc1cccc(F)c1. The summed E-state index contributed by atoms with van der Waals surface area (Å²) in [7, 11) is 0. The Morgan fingerprint density at radius 3 is 2.69 bits per heavy atom. The first-order chi connectivity index (χ1) is 12.6. The van der Waals surface area contributed by atoms with Crippen LogP contribution >= 0.6 is 0 Å². The van der Waals surface area contributed by atoms with Crippen LogP contribution in [0, 0.1) is 5.82 Å². The minimum absolute atomic E-state index is 0.219. The Bertz CT molecular complexity index is 889. The van der Waals surface area contributed by atoms with Crippen molar-refractivity contribution in [3.05, 3.63) is 65.0 Å². The maximum Gasteiger partial charge on any atom is 0.367 e. The summed E-state index contributed by atoms with van der Waals surface area (Å²) in [5, 5.41) is 3.65. The lowest BCUT2D eigenvalue weighted by molar-refractivity contribution is -0.136. The van der Waals surface area contributed by atoms with Gasteiger partial charge in [-0.2, -0.15) is 0 Å². The lowest BCUT2D eigenvalue weighted by Gasteiger charge is -2.13. The molecule has 0 bridgehead atoms. The van der Waals surface area contributed by atoms with Crippen molar-refractivity contribution in [1.29, 1.82) is 0 Å². The molecule has 0 amide bonds. The zero-order chi connectivity index (χ0) is 18.5. The number of rotatable bonds is 6. The van der Waals surface area contributed by atoms with Crippen LogP contribution in [0.4, 0.5) is 4.39 Å². The van der Waals surface area contributed by atoms with Gasteiger partial charge in [0.15, 0.2) is 11.5 Å². The fourth-order valence-electron chi connectivity index (χ4n) is 2.48. The number of ether oxygens (including phenoxy) is 2. The van der Waals surface area contributed by atoms with Crippen molar-refractivity contribution < 1.29 is 23.5 Å². The van der Waals surface area contributed by atoms with Gasteiger partial charge in [0.2, 0.25) is 0 Å². The Morgan fingerprint density at radius 2 is 2.00 bits per heavy atom. The fourth-order valence-corrected chi connectivity index (χ4v) is 2.48. The van der Waals surface area contributed by atoms with Crippen LogP contribution in [0.2, 0.25) is 0 Å². The predicted molar refractivity (Wildman–Crippen MR) is 95.5 cm³/mol. The van der Waals surface area contributed by atoms with Gasteiger partial charge in [-0.1, -0.05) is 23.4 Å². The molecule has 0 fully saturated rings. The Labute approximate surface area is 150 Å². The zero-order valence-electron chi connectivity index (χ0n) is 14.5. The number of carbonyl (C=O) groups is 1. The molecule has 1 heterocycles. The van der Waals surface area contributed by atoms with E-state index in [1.807, 2.05) is 6.92 Å². The van der Waals surface area contributed by atoms with Crippen molar-refractivity contribution in [3.63, 3.8) is 0 Å². The van der Waals surface area contributed by atoms with E-state index in [1.165, 1.54) is 12.1 Å². The molecule has 0 N–H and O–H groups in total. The maximum atomic E-state index is 13.3. The molecule has 0 atom stereocenters. The van der Waals surface area contributed by atoms with Gasteiger partial charge in [0.1, 0.15) is 12.4 Å². The molecule has 0 aromatic heterocycles. The van der Waals surface area contributed by atoms with Gasteiger partial charge in [-0.05, 0) is 55.3 Å². The first kappa shape index (κ1) is 17.7. The maximum absolute atomic E-state index is 13.3. The lowest BCUT2D eigenvalue weighted by atomic mass is 10.1. The second-order valence-electron chi connectivity index (χ2n) is 5.67. The molecular formula is C20H18FNO4. The molecule has 0 saturated heterocycles. The van der Waals surface area contributed by atoms with Gasteiger partial charge in [0, 0.05) is 0 Å². The van der Waals surface area contributed by atoms with E-state index >= 15 is 0 Å². The molecule has 5 nitrogen and oxygen atoms in total. The molecule has 1 aliphatic rings. The first-order valence-electron chi connectivity index (χ1n) is 8.19. The number of carbonyl (C=O) groups excluding carboxylic acids is 1. The van der Waals surface area contributed by atoms with Crippen molar-refractivity contribution >= 4 is 17.8 Å². The number of benzene rings is 2. The van der Waals surface area contributed by atoms with Crippen LogP contribution in [0.5, 0.6) is 11.5 Å². The van der Waals surface area contributed by atoms with E-state index in [2.05, 4.69) is 9.99 Å². The Kier molecular flexibility index (Phi) is 5.31. The van der Waals surface area contributed by atoms with Crippen molar-refractivity contribution in [2.45, 2.75) is 20.5 Å². The molecule has 0 aliphatic carbocycles. The normalized spacial score (nSPS) is 15.0. The first-order valence-corrected chi connectivity index (χ1v) is 8.19. The molecule has 26 heavy (non-hydrogen) atoms. The van der Waals surface area contributed by atoms with Gasteiger partial charge in [-0.25, -0.2) is 9.18 Å². The molecule has 134 valence electrons. The van der Waals surface area contributed by atoms with Crippen molar-refractivity contribution in [2.75, 3.05) is 6.61 Å². The second kappa shape index (κ2) is 7.82. The molecule has 1 aliphatic heterocycles. The highest BCUT2D eigenvalue weighted by Gasteiger charge is 2.22. The van der Waals surface area contributed by atoms with Crippen LogP contribution in [0.1, 0.15) is 25.0 Å². The van der Waals surface area contributed by atoms with Gasteiger partial charge in [0.25, 0.3) is 0 Å². The number of nitrogens with zero attached hydrogens (tertiary/aromatic N) is 1. The van der Waals surface area contributed by atoms with E-state index < -0.39 is 5.97 Å². The van der Waals surface area contributed by atoms with E-state index in [9.17, 15) is 9.18 Å². The van der Waals surface area contributed by atoms with Crippen LogP contribution in [-0.2, 0) is 16.2 Å². The largest absolute Gasteiger partial charge is 0.490 e. The smallest absolute Gasteiger partial charge is 0.367 e. The molecule has 3 rings (SSSR count). The molecule has 0 saturated carbocycles. The highest BCUT2D eigenvalue weighted by atomic mass is 19.1. The van der Waals surface area contributed by atoms with Gasteiger partial charge < -0.3 is 14.3 Å². The highest BCUT2D eigenvalue weighted by Crippen LogP contribution is 2.30. The fraction of sp³-hybridized carbons (Fsp3) is 0.200. The predicted octanol–water partition coefficient (Wildman–Crippen LogP) is 4.12. The quantitative estimate of drug-likeness (QED) is 0.578. The van der Waals surface area contributed by atoms with Crippen LogP contribution in [0.25, 0.3) is 6.08 Å². The summed E-state index contributed by atoms with van der Waals surface area (Å²) in [6, 6.07) is 11.6. The van der Waals surface area contributed by atoms with Crippen LogP contribution in [0.3, 0.4) is 0 Å². The van der Waals surface area contributed by atoms with Gasteiger partial charge in [-0.3, -0.25) is 0 Å². The monoisotopic (exact) mass is 355 g/mol. The van der Waals surface area contributed by atoms with Gasteiger partial charge in [-0.15, -0.1) is 0 Å². The van der Waals surface area contributed by atoms with E-state index in [0.29, 0.717) is 29.4 Å². The Morgan fingerprint density at radius 1 is 1.15 bits per heavy atom. The average molecular weight is 355 g/mol. The van der Waals surface area contributed by atoms with Crippen molar-refractivity contribution in [2.24, 2.45) is 5.16 Å². The summed E-state index contributed by atoms with van der Waals surface area (Å²) in [6.07, 6.45) is 1.69. The third-order valence-corrected chi connectivity index (χ3v) is 3.74. The lowest BCUT2D eigenvalue weighted by Crippen LogP contribution is -2.02. The summed E-state index contributed by atoms with van der Waals surface area (Å²) in [6.45, 7) is 4.25. The Hall–Kier alpha value is -3.15. The summed E-state index contributed by atoms with van der Waals surface area (Å²) >= 11 is 0. The average Bonchev–Trinajstić information content (AvgIpc) is 2.93. The van der Waals surface area contributed by atoms with Crippen LogP contribution < -0.4 is 9.47 Å². The van der Waals surface area contributed by atoms with Crippen LogP contribution in [0.15, 0.2) is 53.2 Å². The van der Waals surface area contributed by atoms with Gasteiger partial charge in [0.05, 0.1) is 17.9 Å². The summed E-state index contributed by atoms with van der Waals surface area (Å²) in [5.41, 5.74) is 2.41. The number of hydrogen-bond donors (Lipinski definition) is 0. The zero-order valence-corrected chi connectivity index (χ0v) is 14.5. The molecular weight excluding hydrogens is 337 g/mol. The summed E-state index contributed by atoms with van der Waals surface area (Å²) in [4.78, 5) is 16.3. The number of hydrogen-bond acceptors (Lipinski definition) is 5. The molecule has 0 spiro atoms. The highest BCUT2D eigenvalue weighted by molar-refractivity contribution is 6.24. The van der Waals surface area contributed by atoms with Crippen molar-refractivity contribution in [3.8, 4) is 11.5 Å². The second-order valence-corrected chi connectivity index (χ2v) is 5.67. The third-order valence-electron chi connectivity index (χ3n) is 3.74. The molecule has 6 heteroatoms. The summed E-state index contributed by atoms with van der Waals surface area (Å²) < 4.78 is 24.7. The molecule has 2 aromatic rings. The Balaban J connectivity index is 1.81. The molecule has 0 radical (unpaired) electrons. The third kappa shape index (κ3) is 4.08. The van der Waals surface area contributed by atoms with E-state index in [0.717, 1.165) is 11.1 Å². The van der Waals surface area contributed by atoms with Crippen molar-refractivity contribution in [1.82, 2.24) is 0 Å². The number of halogens is 1. The standard InChI is InChI=1S/C20H18FNO4/c1-3-24-19-11-14(10-17-13(2)22-26-20(17)23)7-8-18(19)25-12-15-5-4-6-16(21)9-15/h4-11H,3,12H2,1-2H3/b17-10+. The molecule has 2 aromatic carbocycles. The minimum atomic E-state index is -0.480. The van der Waals surface area contributed by atoms with E-state index in [-0.39, 0.29) is 12.4 Å². The van der Waals surface area contributed by atoms with Crippen LogP contribution in [-0.4, -0.2) is 18.3 Å². The summed E-state index contributed by atoms with van der Waals surface area (Å²) in [5.74, 6) is 0.294. The molecule has 0 unspecified atom stereocenters.